The van der Waals surface area contributed by atoms with Crippen molar-refractivity contribution < 1.29 is 65.9 Å². The van der Waals surface area contributed by atoms with Crippen LogP contribution in [0.4, 0.5) is 0 Å². The summed E-state index contributed by atoms with van der Waals surface area (Å²) in [5.74, 6) is -5.88. The van der Waals surface area contributed by atoms with Crippen LogP contribution in [0.25, 0.3) is 0 Å². The maximum Gasteiger partial charge on any atom is 0.306 e. The number of aryl methyl sites for hydroxylation is 1. The number of morpholine rings is 1. The van der Waals surface area contributed by atoms with Gasteiger partial charge < -0.3 is 46.9 Å². The zero-order valence-electron chi connectivity index (χ0n) is 52.9. The number of carbonyl (C=O) groups is 8. The molecule has 8 N–H and O–H groups in total. The number of carboxylic acids is 1. The fraction of sp³-hybridized carbons (Fsp3) is 0.529. The number of ether oxygens (including phenoxy) is 1. The standard InChI is InChI=1S/C68H95N7O14S/c1-48(2)42-57(63(79)68(5,85)47-89-90(86,87)41-21-19-30-54(67(83)84)44-51-24-12-7-13-25-51)74-66(82)59(45-52-26-14-8-15-27-52)72-60(76)31-18-20-36-69-64(80)58(43-49(3)4)71-61(77)35-34-55(53-28-16-9-17-29-53)73-65(81)56(33-32-50-22-10-6-11-23-50)70-62(78)46-75-37-39-88-40-38-75/h6-17,22-29,48-49,54-59,85H,18-21,30-47H2,1-5H3,(H,69,80)(H,70,78)(H,71,77)(H,72,76)(H,73,81)(H,74,82)(H,83,84)/t54?,55?,56-,57-,58-,59-,68+/m0/s1. The number of ketones is 1. The first-order chi connectivity index (χ1) is 43.0. The topological polar surface area (TPSA) is 305 Å². The lowest BCUT2D eigenvalue weighted by Gasteiger charge is -2.29. The van der Waals surface area contributed by atoms with Gasteiger partial charge in [-0.3, -0.25) is 47.4 Å². The van der Waals surface area contributed by atoms with Crippen molar-refractivity contribution in [3.63, 3.8) is 0 Å². The summed E-state index contributed by atoms with van der Waals surface area (Å²) in [5, 5.41) is 38.5. The van der Waals surface area contributed by atoms with Crippen molar-refractivity contribution in [1.82, 2.24) is 36.8 Å². The Morgan fingerprint density at radius 1 is 0.578 bits per heavy atom. The first-order valence-electron chi connectivity index (χ1n) is 31.6. The van der Waals surface area contributed by atoms with Crippen molar-refractivity contribution >= 4 is 57.3 Å². The number of rotatable bonds is 41. The highest BCUT2D eigenvalue weighted by atomic mass is 32.2. The van der Waals surface area contributed by atoms with Crippen LogP contribution in [0.3, 0.4) is 0 Å². The molecule has 22 heteroatoms. The van der Waals surface area contributed by atoms with E-state index in [1.54, 1.807) is 44.2 Å². The molecule has 1 heterocycles. The van der Waals surface area contributed by atoms with Crippen molar-refractivity contribution in [1.29, 1.82) is 0 Å². The number of nitrogens with zero attached hydrogens (tertiary/aromatic N) is 1. The second-order valence-electron chi connectivity index (χ2n) is 24.4. The molecule has 0 radical (unpaired) electrons. The van der Waals surface area contributed by atoms with Gasteiger partial charge in [-0.1, -0.05) is 155 Å². The van der Waals surface area contributed by atoms with Crippen molar-refractivity contribution in [2.24, 2.45) is 17.8 Å². The van der Waals surface area contributed by atoms with Gasteiger partial charge in [0.15, 0.2) is 5.78 Å². The van der Waals surface area contributed by atoms with Crippen LogP contribution in [-0.4, -0.2) is 152 Å². The number of nitrogens with one attached hydrogen (secondary N) is 6. The summed E-state index contributed by atoms with van der Waals surface area (Å²) < 4.78 is 36.5. The summed E-state index contributed by atoms with van der Waals surface area (Å²) in [5.41, 5.74) is 0.970. The first-order valence-corrected chi connectivity index (χ1v) is 33.1. The first kappa shape index (κ1) is 73.4. The van der Waals surface area contributed by atoms with Crippen LogP contribution in [-0.2, 0) is 76.7 Å². The predicted molar refractivity (Wildman–Crippen MR) is 343 cm³/mol. The Morgan fingerprint density at radius 3 is 1.71 bits per heavy atom. The van der Waals surface area contributed by atoms with E-state index in [2.05, 4.69) is 31.9 Å². The van der Waals surface area contributed by atoms with Crippen LogP contribution in [0.5, 0.6) is 0 Å². The molecule has 1 fully saturated rings. The molecule has 90 heavy (non-hydrogen) atoms. The van der Waals surface area contributed by atoms with Gasteiger partial charge in [0.05, 0.1) is 43.5 Å². The molecular weight excluding hydrogens is 1170 g/mol. The third kappa shape index (κ3) is 27.8. The number of amides is 6. The second-order valence-corrected chi connectivity index (χ2v) is 26.2. The minimum absolute atomic E-state index is 0.0264. The number of carbonyl (C=O) groups excluding carboxylic acids is 7. The number of aliphatic carboxylic acids is 1. The highest BCUT2D eigenvalue weighted by Crippen LogP contribution is 2.22. The maximum absolute atomic E-state index is 14.2. The second kappa shape index (κ2) is 38.4. The molecule has 21 nitrogen and oxygen atoms in total. The quantitative estimate of drug-likeness (QED) is 0.0189. The SMILES string of the molecule is CC(C)C[C@H](NC(=O)CCC(NC(=O)[C@H](CCc1ccccc1)NC(=O)CN1CCOCC1)c1ccccc1)C(=O)NCCCCC(=O)N[C@@H](Cc1ccccc1)C(=O)N[C@@H](CC(C)C)C(=O)[C@](C)(O)COS(=O)(=O)CCCCC(Cc1ccccc1)C(=O)O. The van der Waals surface area contributed by atoms with Gasteiger partial charge in [-0.15, -0.1) is 0 Å². The van der Waals surface area contributed by atoms with E-state index >= 15 is 0 Å². The van der Waals surface area contributed by atoms with Crippen LogP contribution in [0.2, 0.25) is 0 Å². The van der Waals surface area contributed by atoms with Crippen LogP contribution in [0.15, 0.2) is 121 Å². The lowest BCUT2D eigenvalue weighted by atomic mass is 9.90. The molecule has 5 rings (SSSR count). The molecular formula is C68H95N7O14S. The zero-order chi connectivity index (χ0) is 65.5. The minimum atomic E-state index is -4.27. The largest absolute Gasteiger partial charge is 0.481 e. The number of benzene rings is 4. The summed E-state index contributed by atoms with van der Waals surface area (Å²) in [6.45, 7) is 10.2. The average molecular weight is 1270 g/mol. The monoisotopic (exact) mass is 1270 g/mol. The van der Waals surface area contributed by atoms with Gasteiger partial charge in [-0.25, -0.2) is 0 Å². The summed E-state index contributed by atoms with van der Waals surface area (Å²) in [6.07, 6.45) is 3.01. The van der Waals surface area contributed by atoms with E-state index in [9.17, 15) is 57.0 Å². The molecule has 0 saturated carbocycles. The zero-order valence-corrected chi connectivity index (χ0v) is 53.7. The third-order valence-corrected chi connectivity index (χ3v) is 16.8. The van der Waals surface area contributed by atoms with E-state index < -0.39 is 99.6 Å². The van der Waals surface area contributed by atoms with Gasteiger partial charge in [0.2, 0.25) is 35.4 Å². The van der Waals surface area contributed by atoms with Crippen LogP contribution >= 0.6 is 0 Å². The van der Waals surface area contributed by atoms with Crippen LogP contribution < -0.4 is 31.9 Å². The van der Waals surface area contributed by atoms with E-state index in [4.69, 9.17) is 8.92 Å². The van der Waals surface area contributed by atoms with Gasteiger partial charge in [-0.2, -0.15) is 8.42 Å². The summed E-state index contributed by atoms with van der Waals surface area (Å²) in [7, 11) is -4.27. The van der Waals surface area contributed by atoms with E-state index in [0.717, 1.165) is 23.6 Å². The van der Waals surface area contributed by atoms with E-state index in [-0.39, 0.29) is 88.1 Å². The molecule has 1 saturated heterocycles. The normalized spacial score (nSPS) is 15.4. The Labute approximate surface area is 531 Å². The fourth-order valence-electron chi connectivity index (χ4n) is 10.6. The molecule has 4 aromatic carbocycles. The lowest BCUT2D eigenvalue weighted by molar-refractivity contribution is -0.143. The van der Waals surface area contributed by atoms with E-state index in [1.165, 1.54) is 0 Å². The molecule has 0 bridgehead atoms. The van der Waals surface area contributed by atoms with Gasteiger partial charge in [0.25, 0.3) is 10.1 Å². The average Bonchev–Trinajstić information content (AvgIpc) is 2.18. The maximum atomic E-state index is 14.2. The van der Waals surface area contributed by atoms with Gasteiger partial charge in [0.1, 0.15) is 30.3 Å². The summed E-state index contributed by atoms with van der Waals surface area (Å²) in [6, 6.07) is 32.2. The molecule has 7 atom stereocenters. The number of aliphatic hydroxyl groups is 1. The Balaban J connectivity index is 1.12. The van der Waals surface area contributed by atoms with Crippen LogP contribution in [0, 0.1) is 17.8 Å². The minimum Gasteiger partial charge on any atom is -0.481 e. The molecule has 1 aliphatic heterocycles. The van der Waals surface area contributed by atoms with Crippen molar-refractivity contribution in [3.05, 3.63) is 144 Å². The Hall–Kier alpha value is -7.37. The van der Waals surface area contributed by atoms with Gasteiger partial charge in [-0.05, 0) is 105 Å². The third-order valence-electron chi connectivity index (χ3n) is 15.6. The van der Waals surface area contributed by atoms with Gasteiger partial charge >= 0.3 is 5.97 Å². The van der Waals surface area contributed by atoms with E-state index in [1.807, 2.05) is 110 Å². The smallest absolute Gasteiger partial charge is 0.306 e. The predicted octanol–water partition coefficient (Wildman–Crippen LogP) is 5.93. The molecule has 0 aliphatic carbocycles. The highest BCUT2D eigenvalue weighted by Gasteiger charge is 2.40. The molecule has 6 amide bonds. The molecule has 4 aromatic rings. The van der Waals surface area contributed by atoms with E-state index in [0.29, 0.717) is 70.4 Å². The molecule has 492 valence electrons. The Bertz CT molecular complexity index is 2990. The number of Topliss-reactive ketones (excluding diaryl/α,β-unsaturated/α-hetero) is 1. The van der Waals surface area contributed by atoms with Gasteiger partial charge in [0, 0.05) is 38.9 Å². The molecule has 0 aromatic heterocycles. The number of unbranched alkanes of at least 4 members (excludes halogenated alkanes) is 2. The van der Waals surface area contributed by atoms with Crippen LogP contribution in [0.1, 0.15) is 134 Å². The van der Waals surface area contributed by atoms with Crippen molar-refractivity contribution in [3.8, 4) is 0 Å². The Kier molecular flexibility index (Phi) is 31.3. The number of carboxylic acid groups (broad SMARTS) is 1. The van der Waals surface area contributed by atoms with Crippen molar-refractivity contribution in [2.75, 3.05) is 51.8 Å². The molecule has 1 aliphatic rings. The molecule has 2 unspecified atom stereocenters. The summed E-state index contributed by atoms with van der Waals surface area (Å²) >= 11 is 0. The summed E-state index contributed by atoms with van der Waals surface area (Å²) in [4.78, 5) is 111. The fourth-order valence-corrected chi connectivity index (χ4v) is 11.7. The molecule has 0 spiro atoms. The highest BCUT2D eigenvalue weighted by molar-refractivity contribution is 7.86. The number of hydrogen-bond acceptors (Lipinski definition) is 14. The lowest BCUT2D eigenvalue weighted by Crippen LogP contribution is -2.57. The Morgan fingerprint density at radius 2 is 1.11 bits per heavy atom. The number of hydrogen-bond donors (Lipinski definition) is 8. The van der Waals surface area contributed by atoms with Crippen molar-refractivity contribution in [2.45, 2.75) is 160 Å².